The van der Waals surface area contributed by atoms with Crippen LogP contribution in [0.15, 0.2) is 22.7 Å². The van der Waals surface area contributed by atoms with Gasteiger partial charge in [-0.2, -0.15) is 0 Å². The van der Waals surface area contributed by atoms with Crippen LogP contribution in [0.5, 0.6) is 0 Å². The normalized spacial score (nSPS) is 14.6. The lowest BCUT2D eigenvalue weighted by Crippen LogP contribution is -2.27. The number of benzene rings is 1. The Morgan fingerprint density at radius 1 is 1.50 bits per heavy atom. The number of carbonyl (C=O) groups excluding carboxylic acids is 1. The minimum absolute atomic E-state index is 0.126. The van der Waals surface area contributed by atoms with Gasteiger partial charge < -0.3 is 10.1 Å². The van der Waals surface area contributed by atoms with E-state index >= 15 is 0 Å². The van der Waals surface area contributed by atoms with Crippen LogP contribution in [-0.2, 0) is 4.74 Å². The Hall–Kier alpha value is -0.580. The van der Waals surface area contributed by atoms with Crippen LogP contribution in [0.2, 0.25) is 5.02 Å². The minimum atomic E-state index is -0.126. The molecule has 3 nitrogen and oxygen atoms in total. The monoisotopic (exact) mass is 331 g/mol. The van der Waals surface area contributed by atoms with Crippen LogP contribution in [0.4, 0.5) is 0 Å². The molecule has 0 spiro atoms. The van der Waals surface area contributed by atoms with Crippen LogP contribution >= 0.6 is 27.5 Å². The molecule has 1 aromatic rings. The molecule has 1 aliphatic carbocycles. The lowest BCUT2D eigenvalue weighted by Gasteiger charge is -2.06. The largest absolute Gasteiger partial charge is 0.379 e. The molecule has 0 radical (unpaired) electrons. The second-order valence-corrected chi connectivity index (χ2v) is 5.66. The number of rotatable bonds is 6. The quantitative estimate of drug-likeness (QED) is 0.812. The average molecular weight is 333 g/mol. The molecule has 98 valence electrons. The second-order valence-electron chi connectivity index (χ2n) is 4.40. The smallest absolute Gasteiger partial charge is 0.251 e. The molecule has 0 unspecified atom stereocenters. The Morgan fingerprint density at radius 3 is 2.94 bits per heavy atom. The Kier molecular flexibility index (Phi) is 5.03. The highest BCUT2D eigenvalue weighted by Crippen LogP contribution is 2.28. The summed E-state index contributed by atoms with van der Waals surface area (Å²) in [6.07, 6.45) is 2.56. The van der Waals surface area contributed by atoms with Gasteiger partial charge >= 0.3 is 0 Å². The maximum atomic E-state index is 11.8. The van der Waals surface area contributed by atoms with Crippen molar-refractivity contribution < 1.29 is 9.53 Å². The van der Waals surface area contributed by atoms with E-state index in [2.05, 4.69) is 21.2 Å². The Bertz CT molecular complexity index is 435. The fourth-order valence-corrected chi connectivity index (χ4v) is 1.94. The summed E-state index contributed by atoms with van der Waals surface area (Å²) in [7, 11) is 0. The number of hydrogen-bond donors (Lipinski definition) is 1. The van der Waals surface area contributed by atoms with Crippen molar-refractivity contribution in [3.8, 4) is 0 Å². The molecule has 1 saturated carbocycles. The maximum absolute atomic E-state index is 11.8. The topological polar surface area (TPSA) is 38.3 Å². The van der Waals surface area contributed by atoms with Crippen LogP contribution in [0.3, 0.4) is 0 Å². The maximum Gasteiger partial charge on any atom is 0.251 e. The van der Waals surface area contributed by atoms with Crippen molar-refractivity contribution >= 4 is 33.4 Å². The first-order valence-corrected chi connectivity index (χ1v) is 7.15. The molecule has 1 amide bonds. The summed E-state index contributed by atoms with van der Waals surface area (Å²) in [5.41, 5.74) is 0.561. The van der Waals surface area contributed by atoms with Crippen molar-refractivity contribution in [2.45, 2.75) is 12.8 Å². The highest BCUT2D eigenvalue weighted by atomic mass is 79.9. The average Bonchev–Trinajstić information content (AvgIpc) is 3.16. The van der Waals surface area contributed by atoms with Crippen molar-refractivity contribution in [1.82, 2.24) is 5.32 Å². The lowest BCUT2D eigenvalue weighted by atomic mass is 10.2. The Balaban J connectivity index is 1.70. The van der Waals surface area contributed by atoms with Crippen LogP contribution in [-0.4, -0.2) is 25.7 Å². The Morgan fingerprint density at radius 2 is 2.28 bits per heavy atom. The number of halogens is 2. The third kappa shape index (κ3) is 4.26. The van der Waals surface area contributed by atoms with Crippen LogP contribution in [0.25, 0.3) is 0 Å². The fourth-order valence-electron chi connectivity index (χ4n) is 1.51. The van der Waals surface area contributed by atoms with Gasteiger partial charge in [-0.05, 0) is 52.9 Å². The summed E-state index contributed by atoms with van der Waals surface area (Å²) in [5, 5.41) is 3.34. The van der Waals surface area contributed by atoms with Gasteiger partial charge in [-0.3, -0.25) is 4.79 Å². The molecule has 1 fully saturated rings. The van der Waals surface area contributed by atoms with E-state index in [1.807, 2.05) is 0 Å². The molecule has 0 aromatic heterocycles. The van der Waals surface area contributed by atoms with E-state index in [0.29, 0.717) is 23.7 Å². The highest BCUT2D eigenvalue weighted by Gasteiger charge is 2.20. The summed E-state index contributed by atoms with van der Waals surface area (Å²) in [4.78, 5) is 11.8. The van der Waals surface area contributed by atoms with Gasteiger partial charge in [0.05, 0.1) is 11.6 Å². The molecule has 1 N–H and O–H groups in total. The van der Waals surface area contributed by atoms with Crippen molar-refractivity contribution in [3.05, 3.63) is 33.3 Å². The van der Waals surface area contributed by atoms with E-state index in [-0.39, 0.29) is 5.91 Å². The first-order valence-electron chi connectivity index (χ1n) is 5.98. The van der Waals surface area contributed by atoms with Gasteiger partial charge in [-0.1, -0.05) is 11.6 Å². The van der Waals surface area contributed by atoms with Crippen LogP contribution < -0.4 is 5.32 Å². The minimum Gasteiger partial charge on any atom is -0.379 e. The van der Waals surface area contributed by atoms with Gasteiger partial charge in [-0.15, -0.1) is 0 Å². The van der Waals surface area contributed by atoms with E-state index in [4.69, 9.17) is 16.3 Å². The molecule has 0 bridgehead atoms. The molecule has 1 aliphatic rings. The third-order valence-electron chi connectivity index (χ3n) is 2.76. The SMILES string of the molecule is O=C(NCCOCC1CC1)c1ccc(Br)c(Cl)c1. The number of carbonyl (C=O) groups is 1. The van der Waals surface area contributed by atoms with Crippen molar-refractivity contribution in [1.29, 1.82) is 0 Å². The molecule has 5 heteroatoms. The first kappa shape index (κ1) is 13.8. The van der Waals surface area contributed by atoms with Gasteiger partial charge in [0, 0.05) is 23.2 Å². The van der Waals surface area contributed by atoms with Crippen molar-refractivity contribution in [3.63, 3.8) is 0 Å². The molecule has 0 atom stereocenters. The third-order valence-corrected chi connectivity index (χ3v) is 4.00. The molecule has 0 heterocycles. The standard InChI is InChI=1S/C13H15BrClNO2/c14-11-4-3-10(7-12(11)15)13(17)16-5-6-18-8-9-1-2-9/h3-4,7,9H,1-2,5-6,8H2,(H,16,17). The number of ether oxygens (including phenoxy) is 1. The van der Waals surface area contributed by atoms with Gasteiger partial charge in [0.15, 0.2) is 0 Å². The number of amides is 1. The van der Waals surface area contributed by atoms with Gasteiger partial charge in [0.1, 0.15) is 0 Å². The van der Waals surface area contributed by atoms with E-state index < -0.39 is 0 Å². The van der Waals surface area contributed by atoms with Crippen LogP contribution in [0.1, 0.15) is 23.2 Å². The van der Waals surface area contributed by atoms with E-state index in [9.17, 15) is 4.79 Å². The predicted octanol–water partition coefficient (Wildman–Crippen LogP) is 3.26. The summed E-state index contributed by atoms with van der Waals surface area (Å²) in [5.74, 6) is 0.630. The first-order chi connectivity index (χ1) is 8.66. The zero-order valence-electron chi connectivity index (χ0n) is 9.92. The molecule has 0 aliphatic heterocycles. The lowest BCUT2D eigenvalue weighted by molar-refractivity contribution is 0.0906. The van der Waals surface area contributed by atoms with Crippen LogP contribution in [0, 0.1) is 5.92 Å². The molecule has 18 heavy (non-hydrogen) atoms. The molecular weight excluding hydrogens is 318 g/mol. The van der Waals surface area contributed by atoms with E-state index in [1.165, 1.54) is 12.8 Å². The molecular formula is C13H15BrClNO2. The van der Waals surface area contributed by atoms with Gasteiger partial charge in [0.2, 0.25) is 0 Å². The summed E-state index contributed by atoms with van der Waals surface area (Å²) < 4.78 is 6.22. The van der Waals surface area contributed by atoms with Gasteiger partial charge in [0.25, 0.3) is 5.91 Å². The predicted molar refractivity (Wildman–Crippen MR) is 75.0 cm³/mol. The summed E-state index contributed by atoms with van der Waals surface area (Å²) >= 11 is 9.22. The van der Waals surface area contributed by atoms with E-state index in [1.54, 1.807) is 18.2 Å². The molecule has 1 aromatic carbocycles. The van der Waals surface area contributed by atoms with Crippen molar-refractivity contribution in [2.75, 3.05) is 19.8 Å². The molecule has 0 saturated heterocycles. The Labute approximate surface area is 120 Å². The molecule has 2 rings (SSSR count). The van der Waals surface area contributed by atoms with E-state index in [0.717, 1.165) is 17.0 Å². The number of hydrogen-bond acceptors (Lipinski definition) is 2. The van der Waals surface area contributed by atoms with Crippen molar-refractivity contribution in [2.24, 2.45) is 5.92 Å². The summed E-state index contributed by atoms with van der Waals surface area (Å²) in [6.45, 7) is 1.91. The summed E-state index contributed by atoms with van der Waals surface area (Å²) in [6, 6.07) is 5.14. The zero-order chi connectivity index (χ0) is 13.0. The highest BCUT2D eigenvalue weighted by molar-refractivity contribution is 9.10. The fraction of sp³-hybridized carbons (Fsp3) is 0.462. The zero-order valence-corrected chi connectivity index (χ0v) is 12.3. The second kappa shape index (κ2) is 6.55. The number of nitrogens with one attached hydrogen (secondary N) is 1. The van der Waals surface area contributed by atoms with Gasteiger partial charge in [-0.25, -0.2) is 0 Å².